The number of nitrogens with one attached hydrogen (secondary N) is 2. The second kappa shape index (κ2) is 14.2. The van der Waals surface area contributed by atoms with Crippen LogP contribution in [0.3, 0.4) is 0 Å². The predicted molar refractivity (Wildman–Crippen MR) is 157 cm³/mol. The Morgan fingerprint density at radius 3 is 2.62 bits per heavy atom. The highest BCUT2D eigenvalue weighted by atomic mass is 35.5. The van der Waals surface area contributed by atoms with Crippen molar-refractivity contribution in [2.24, 2.45) is 11.7 Å². The van der Waals surface area contributed by atoms with Crippen LogP contribution in [0.25, 0.3) is 5.57 Å². The topological polar surface area (TPSA) is 129 Å². The minimum atomic E-state index is -0.0710. The second-order valence-electron chi connectivity index (χ2n) is 10.7. The zero-order valence-corrected chi connectivity index (χ0v) is 24.0. The van der Waals surface area contributed by atoms with Crippen molar-refractivity contribution in [1.29, 1.82) is 0 Å². The third-order valence-electron chi connectivity index (χ3n) is 7.37. The molecule has 2 aliphatic rings. The van der Waals surface area contributed by atoms with Crippen LogP contribution in [0.2, 0.25) is 5.02 Å². The van der Waals surface area contributed by atoms with Crippen LogP contribution in [0.1, 0.15) is 49.9 Å². The van der Waals surface area contributed by atoms with E-state index in [-0.39, 0.29) is 29.8 Å². The smallest absolute Gasteiger partial charge is 0.246 e. The van der Waals surface area contributed by atoms with Gasteiger partial charge in [0.25, 0.3) is 0 Å². The third kappa shape index (κ3) is 8.02. The molecule has 10 nitrogen and oxygen atoms in total. The van der Waals surface area contributed by atoms with Crippen LogP contribution in [-0.2, 0) is 9.59 Å². The van der Waals surface area contributed by atoms with Gasteiger partial charge < -0.3 is 26.2 Å². The number of likely N-dealkylation sites (N-methyl/N-ethyl adjacent to an activating group) is 1. The molecule has 1 aliphatic heterocycles. The van der Waals surface area contributed by atoms with E-state index in [2.05, 4.69) is 25.6 Å². The van der Waals surface area contributed by atoms with Gasteiger partial charge in [0.2, 0.25) is 17.8 Å². The fraction of sp³-hybridized carbons (Fsp3) is 0.483. The van der Waals surface area contributed by atoms with Crippen molar-refractivity contribution in [3.05, 3.63) is 65.4 Å². The highest BCUT2D eigenvalue weighted by Crippen LogP contribution is 2.28. The van der Waals surface area contributed by atoms with E-state index in [0.717, 1.165) is 32.2 Å². The average Bonchev–Trinajstić information content (AvgIpc) is 2.95. The maximum atomic E-state index is 13.1. The van der Waals surface area contributed by atoms with Crippen LogP contribution in [0.15, 0.2) is 48.9 Å². The van der Waals surface area contributed by atoms with E-state index < -0.39 is 0 Å². The third-order valence-corrected chi connectivity index (χ3v) is 7.65. The van der Waals surface area contributed by atoms with Gasteiger partial charge in [0.15, 0.2) is 0 Å². The molecule has 0 aromatic carbocycles. The van der Waals surface area contributed by atoms with Gasteiger partial charge in [-0.15, -0.1) is 0 Å². The number of hydrogen-bond acceptors (Lipinski definition) is 8. The van der Waals surface area contributed by atoms with Crippen LogP contribution in [0.5, 0.6) is 0 Å². The number of piperidine rings is 1. The van der Waals surface area contributed by atoms with E-state index in [1.165, 1.54) is 6.20 Å². The Kier molecular flexibility index (Phi) is 10.5. The molecular formula is C29H39ClN8O2. The van der Waals surface area contributed by atoms with E-state index in [9.17, 15) is 9.59 Å². The number of carbonyl (C=O) groups excluding carboxylic acids is 2. The minimum Gasteiger partial charge on any atom is -0.404 e. The number of hydrogen-bond donors (Lipinski definition) is 3. The summed E-state index contributed by atoms with van der Waals surface area (Å²) in [5.74, 6) is 0.490. The average molecular weight is 567 g/mol. The van der Waals surface area contributed by atoms with Gasteiger partial charge in [-0.1, -0.05) is 23.7 Å². The Balaban J connectivity index is 1.29. The Bertz CT molecular complexity index is 1210. The van der Waals surface area contributed by atoms with Crippen molar-refractivity contribution in [1.82, 2.24) is 30.1 Å². The lowest BCUT2D eigenvalue weighted by atomic mass is 9.89. The first-order chi connectivity index (χ1) is 19.3. The molecule has 2 aromatic heterocycles. The lowest BCUT2D eigenvalue weighted by Crippen LogP contribution is -2.47. The van der Waals surface area contributed by atoms with Gasteiger partial charge in [0.1, 0.15) is 0 Å². The molecule has 1 saturated carbocycles. The number of halogens is 1. The summed E-state index contributed by atoms with van der Waals surface area (Å²) in [6, 6.07) is 5.75. The number of nitrogens with zero attached hydrogens (tertiary/aromatic N) is 5. The van der Waals surface area contributed by atoms with Crippen molar-refractivity contribution >= 4 is 34.9 Å². The molecule has 0 spiro atoms. The molecule has 214 valence electrons. The van der Waals surface area contributed by atoms with Crippen LogP contribution in [0, 0.1) is 5.92 Å². The Labute approximate surface area is 241 Å². The lowest BCUT2D eigenvalue weighted by molar-refractivity contribution is -0.132. The molecule has 4 rings (SSSR count). The highest BCUT2D eigenvalue weighted by Gasteiger charge is 2.30. The first kappa shape index (κ1) is 29.5. The fourth-order valence-electron chi connectivity index (χ4n) is 5.22. The molecule has 0 bridgehead atoms. The Hall–Kier alpha value is -3.50. The van der Waals surface area contributed by atoms with Gasteiger partial charge in [-0.05, 0) is 64.8 Å². The van der Waals surface area contributed by atoms with Crippen LogP contribution in [0.4, 0.5) is 5.95 Å². The summed E-state index contributed by atoms with van der Waals surface area (Å²) in [7, 11) is 3.93. The molecule has 2 amide bonds. The van der Waals surface area contributed by atoms with Gasteiger partial charge in [0, 0.05) is 61.7 Å². The quantitative estimate of drug-likeness (QED) is 0.395. The molecule has 1 aliphatic carbocycles. The molecule has 0 unspecified atom stereocenters. The molecule has 2 atom stereocenters. The van der Waals surface area contributed by atoms with Crippen molar-refractivity contribution in [3.8, 4) is 0 Å². The predicted octanol–water partition coefficient (Wildman–Crippen LogP) is 3.07. The SMILES string of the molecule is CN(C)C/C=C/C(=O)N1CCC(C(=O)N[C@H]2CCC[C@@H](Nc3ncc(Cl)c(C(=CN)c4ccccn4)n3)C2)CC1. The normalized spacial score (nSPS) is 20.6. The van der Waals surface area contributed by atoms with Crippen molar-refractivity contribution in [2.45, 2.75) is 50.6 Å². The summed E-state index contributed by atoms with van der Waals surface area (Å²) < 4.78 is 0. The Morgan fingerprint density at radius 1 is 1.15 bits per heavy atom. The monoisotopic (exact) mass is 566 g/mol. The molecule has 2 aromatic rings. The van der Waals surface area contributed by atoms with E-state index >= 15 is 0 Å². The number of rotatable bonds is 9. The standard InChI is InChI=1S/C29H39ClN8O2/c1-37(2)14-6-10-26(39)38-15-11-20(12-16-38)28(40)34-21-7-5-8-22(17-21)35-29-33-19-24(30)27(36-29)23(18-31)25-9-3-4-13-32-25/h3-4,6,9-10,13,18-22H,5,7-8,11-12,14-17,31H2,1-2H3,(H,34,40)(H,33,35,36)/b10-6+,23-18?/t21-,22+/m0/s1. The van der Waals surface area contributed by atoms with Gasteiger partial charge in [0.05, 0.1) is 22.6 Å². The van der Waals surface area contributed by atoms with Crippen molar-refractivity contribution in [3.63, 3.8) is 0 Å². The molecular weight excluding hydrogens is 528 g/mol. The van der Waals surface area contributed by atoms with Crippen LogP contribution < -0.4 is 16.4 Å². The summed E-state index contributed by atoms with van der Waals surface area (Å²) >= 11 is 6.43. The summed E-state index contributed by atoms with van der Waals surface area (Å²) in [5.41, 5.74) is 7.73. The first-order valence-electron chi connectivity index (χ1n) is 13.9. The molecule has 2 fully saturated rings. The summed E-state index contributed by atoms with van der Waals surface area (Å²) in [6.07, 6.45) is 13.2. The summed E-state index contributed by atoms with van der Waals surface area (Å²) in [4.78, 5) is 42.7. The van der Waals surface area contributed by atoms with E-state index in [1.807, 2.05) is 48.2 Å². The van der Waals surface area contributed by atoms with Gasteiger partial charge in [-0.25, -0.2) is 9.97 Å². The van der Waals surface area contributed by atoms with Crippen LogP contribution in [-0.4, -0.2) is 82.4 Å². The van der Waals surface area contributed by atoms with Gasteiger partial charge in [-0.3, -0.25) is 14.6 Å². The number of aromatic nitrogens is 3. The van der Waals surface area contributed by atoms with Crippen molar-refractivity contribution in [2.75, 3.05) is 39.0 Å². The zero-order chi connectivity index (χ0) is 28.5. The van der Waals surface area contributed by atoms with Crippen LogP contribution >= 0.6 is 11.6 Å². The number of carbonyl (C=O) groups is 2. The van der Waals surface area contributed by atoms with Crippen molar-refractivity contribution < 1.29 is 9.59 Å². The van der Waals surface area contributed by atoms with Gasteiger partial charge in [-0.2, -0.15) is 0 Å². The summed E-state index contributed by atoms with van der Waals surface area (Å²) in [5, 5.41) is 7.08. The maximum absolute atomic E-state index is 13.1. The molecule has 1 saturated heterocycles. The largest absolute Gasteiger partial charge is 0.404 e. The molecule has 3 heterocycles. The number of amides is 2. The van der Waals surface area contributed by atoms with E-state index in [1.54, 1.807) is 18.5 Å². The highest BCUT2D eigenvalue weighted by molar-refractivity contribution is 6.32. The molecule has 0 radical (unpaired) electrons. The first-order valence-corrected chi connectivity index (χ1v) is 14.2. The number of pyridine rings is 1. The zero-order valence-electron chi connectivity index (χ0n) is 23.2. The van der Waals surface area contributed by atoms with E-state index in [0.29, 0.717) is 53.9 Å². The summed E-state index contributed by atoms with van der Waals surface area (Å²) in [6.45, 7) is 1.93. The fourth-order valence-corrected chi connectivity index (χ4v) is 5.41. The second-order valence-corrected chi connectivity index (χ2v) is 11.1. The lowest BCUT2D eigenvalue weighted by Gasteiger charge is -2.34. The molecule has 4 N–H and O–H groups in total. The van der Waals surface area contributed by atoms with E-state index in [4.69, 9.17) is 17.3 Å². The number of anilines is 1. The molecule has 40 heavy (non-hydrogen) atoms. The maximum Gasteiger partial charge on any atom is 0.246 e. The Morgan fingerprint density at radius 2 is 1.93 bits per heavy atom. The van der Waals surface area contributed by atoms with Gasteiger partial charge >= 0.3 is 0 Å². The number of likely N-dealkylation sites (tertiary alicyclic amines) is 1. The number of nitrogens with two attached hydrogens (primary N) is 1. The molecule has 11 heteroatoms. The minimum absolute atomic E-state index is 0.0172.